The lowest BCUT2D eigenvalue weighted by Gasteiger charge is -2.32. The Hall–Kier alpha value is -1.59. The van der Waals surface area contributed by atoms with Crippen molar-refractivity contribution in [3.05, 3.63) is 35.5 Å². The van der Waals surface area contributed by atoms with Gasteiger partial charge in [0.1, 0.15) is 17.3 Å². The molecule has 0 saturated carbocycles. The first kappa shape index (κ1) is 35.6. The molecule has 18 heteroatoms. The number of halogens is 1. The number of fused-ring (bicyclic) bond motifs is 1. The van der Waals surface area contributed by atoms with Gasteiger partial charge >= 0.3 is 22.1 Å². The van der Waals surface area contributed by atoms with Crippen molar-refractivity contribution in [2.45, 2.75) is 41.5 Å². The van der Waals surface area contributed by atoms with Gasteiger partial charge in [0.25, 0.3) is 0 Å². The molecule has 0 spiro atoms. The van der Waals surface area contributed by atoms with E-state index in [2.05, 4.69) is 13.5 Å². The van der Waals surface area contributed by atoms with E-state index in [4.69, 9.17) is 48.1 Å². The maximum atomic E-state index is 11.8. The van der Waals surface area contributed by atoms with Crippen LogP contribution in [0.3, 0.4) is 0 Å². The van der Waals surface area contributed by atoms with Crippen LogP contribution in [0.1, 0.15) is 41.5 Å². The molecule has 2 aliphatic heterocycles. The molecule has 2 bridgehead atoms. The summed E-state index contributed by atoms with van der Waals surface area (Å²) in [6, 6.07) is 0. The fourth-order valence-corrected chi connectivity index (χ4v) is 13.5. The third-order valence-corrected chi connectivity index (χ3v) is 13.8. The molecule has 14 nitrogen and oxygen atoms in total. The zero-order chi connectivity index (χ0) is 30.5. The number of hydrogen-bond acceptors (Lipinski definition) is 14. The van der Waals surface area contributed by atoms with E-state index >= 15 is 0 Å². The van der Waals surface area contributed by atoms with Crippen LogP contribution in [0.25, 0.3) is 0 Å². The van der Waals surface area contributed by atoms with Gasteiger partial charge in [0.2, 0.25) is 0 Å². The van der Waals surface area contributed by atoms with Crippen molar-refractivity contribution in [3.8, 4) is 0 Å². The van der Waals surface area contributed by atoms with E-state index in [1.807, 2.05) is 0 Å². The van der Waals surface area contributed by atoms with Crippen LogP contribution >= 0.6 is 33.3 Å². The molecular weight excluding hydrogens is 623 g/mol. The first-order chi connectivity index (χ1) is 19.3. The first-order valence-electron chi connectivity index (χ1n) is 12.5. The number of rotatable bonds is 9. The second-order valence-electron chi connectivity index (χ2n) is 8.60. The predicted octanol–water partition coefficient (Wildman–Crippen LogP) is 6.70. The van der Waals surface area contributed by atoms with Gasteiger partial charge in [0.05, 0.1) is 52.9 Å². The summed E-state index contributed by atoms with van der Waals surface area (Å²) in [5.74, 6) is -0.521. The normalized spacial score (nSPS) is 29.2. The van der Waals surface area contributed by atoms with Crippen molar-refractivity contribution in [2.24, 2.45) is 13.5 Å². The van der Waals surface area contributed by atoms with Crippen molar-refractivity contribution in [1.29, 1.82) is 0 Å². The van der Waals surface area contributed by atoms with Crippen LogP contribution in [0.15, 0.2) is 49.1 Å². The van der Waals surface area contributed by atoms with E-state index in [-0.39, 0.29) is 61.1 Å². The molecule has 2 heterocycles. The van der Waals surface area contributed by atoms with Gasteiger partial charge in [-0.3, -0.25) is 23.4 Å². The Bertz CT molecular complexity index is 1200. The van der Waals surface area contributed by atoms with E-state index in [1.165, 1.54) is 59.8 Å². The van der Waals surface area contributed by atoms with Crippen LogP contribution in [-0.4, -0.2) is 70.2 Å². The van der Waals surface area contributed by atoms with E-state index < -0.39 is 22.1 Å². The highest BCUT2D eigenvalue weighted by Crippen LogP contribution is 2.82. The highest BCUT2D eigenvalue weighted by Gasteiger charge is 2.44. The zero-order valence-electron chi connectivity index (χ0n) is 23.9. The summed E-state index contributed by atoms with van der Waals surface area (Å²) in [6.45, 7) is 6.16. The maximum Gasteiger partial charge on any atom is 0.403 e. The van der Waals surface area contributed by atoms with Crippen LogP contribution < -0.4 is 0 Å². The number of carbonyl (C=O) groups excluding carboxylic acids is 3. The Morgan fingerprint density at radius 3 is 1.29 bits per heavy atom. The van der Waals surface area contributed by atoms with Gasteiger partial charge in [-0.05, 0) is 52.8 Å². The standard InChI is InChI=1S/C23H37ClN3O11P3/c1-18(28)15-21(4)36-39(24)25-40(37-22(5)16-19(2)29)27-41(26-39,38-23(6)17-20(3)30)35-14-12-33-10-8-31-7-9-32-11-13-34-40/h15-17H,7-14H2,1-6H3/b21-15+,22-16+,23-17+. The molecule has 3 atom stereocenters. The summed E-state index contributed by atoms with van der Waals surface area (Å²) in [6.07, 6.45) is 3.68. The molecule has 0 aromatic rings. The van der Waals surface area contributed by atoms with Gasteiger partial charge in [-0.2, -0.15) is 0 Å². The van der Waals surface area contributed by atoms with Gasteiger partial charge in [-0.25, -0.2) is 0 Å². The summed E-state index contributed by atoms with van der Waals surface area (Å²) in [4.78, 5) is 35.4. The average Bonchev–Trinajstić information content (AvgIpc) is 2.78. The average molecular weight is 660 g/mol. The van der Waals surface area contributed by atoms with E-state index in [0.29, 0.717) is 26.4 Å². The van der Waals surface area contributed by atoms with Crippen LogP contribution in [0.4, 0.5) is 0 Å². The van der Waals surface area contributed by atoms with Crippen LogP contribution in [-0.2, 0) is 51.2 Å². The molecular formula is C23H37ClN3O11P3. The molecule has 0 radical (unpaired) electrons. The van der Waals surface area contributed by atoms with Crippen molar-refractivity contribution in [2.75, 3.05) is 52.9 Å². The Balaban J connectivity index is 2.82. The number of nitrogens with zero attached hydrogens (tertiary/aromatic N) is 3. The van der Waals surface area contributed by atoms with Crippen molar-refractivity contribution < 1.29 is 51.2 Å². The lowest BCUT2D eigenvalue weighted by molar-refractivity contribution is -0.113. The molecule has 0 amide bonds. The van der Waals surface area contributed by atoms with E-state index in [9.17, 15) is 14.4 Å². The maximum absolute atomic E-state index is 11.8. The second kappa shape index (κ2) is 16.9. The molecule has 2 rings (SSSR count). The monoisotopic (exact) mass is 659 g/mol. The summed E-state index contributed by atoms with van der Waals surface area (Å²) in [7, 11) is -7.73. The predicted molar refractivity (Wildman–Crippen MR) is 155 cm³/mol. The molecule has 0 aromatic heterocycles. The van der Waals surface area contributed by atoms with Gasteiger partial charge in [0.15, 0.2) is 17.3 Å². The summed E-state index contributed by atoms with van der Waals surface area (Å²) in [5, 5.41) is 0. The minimum absolute atomic E-state index is 0.0569. The van der Waals surface area contributed by atoms with Crippen LogP contribution in [0, 0.1) is 0 Å². The van der Waals surface area contributed by atoms with Crippen LogP contribution in [0.5, 0.6) is 0 Å². The highest BCUT2D eigenvalue weighted by molar-refractivity contribution is 7.94. The third kappa shape index (κ3) is 13.5. The molecule has 0 saturated heterocycles. The Morgan fingerprint density at radius 2 is 0.902 bits per heavy atom. The number of ketones is 3. The van der Waals surface area contributed by atoms with Crippen molar-refractivity contribution in [3.63, 3.8) is 0 Å². The molecule has 2 aliphatic rings. The van der Waals surface area contributed by atoms with Crippen molar-refractivity contribution >= 4 is 50.7 Å². The first-order valence-corrected chi connectivity index (χ1v) is 18.1. The van der Waals surface area contributed by atoms with Gasteiger partial charge in [-0.15, -0.1) is 13.5 Å². The molecule has 0 fully saturated rings. The van der Waals surface area contributed by atoms with Gasteiger partial charge in [-0.1, -0.05) is 0 Å². The fraction of sp³-hybridized carbons (Fsp3) is 0.609. The Morgan fingerprint density at radius 1 is 0.561 bits per heavy atom. The molecule has 0 aromatic carbocycles. The summed E-state index contributed by atoms with van der Waals surface area (Å²) < 4.78 is 60.6. The van der Waals surface area contributed by atoms with Gasteiger partial charge < -0.3 is 27.8 Å². The number of carbonyl (C=O) groups is 3. The molecule has 232 valence electrons. The Labute approximate surface area is 245 Å². The largest absolute Gasteiger partial charge is 0.435 e. The minimum Gasteiger partial charge on any atom is -0.435 e. The molecule has 0 aliphatic carbocycles. The lowest BCUT2D eigenvalue weighted by Crippen LogP contribution is -2.14. The highest BCUT2D eigenvalue weighted by atomic mass is 35.7. The lowest BCUT2D eigenvalue weighted by atomic mass is 10.4. The Kier molecular flexibility index (Phi) is 14.7. The number of allylic oxidation sites excluding steroid dienone is 6. The van der Waals surface area contributed by atoms with Crippen LogP contribution in [0.2, 0.25) is 0 Å². The van der Waals surface area contributed by atoms with Crippen molar-refractivity contribution in [1.82, 2.24) is 0 Å². The summed E-state index contributed by atoms with van der Waals surface area (Å²) in [5.41, 5.74) is 0. The second-order valence-corrected chi connectivity index (χ2v) is 16.0. The molecule has 41 heavy (non-hydrogen) atoms. The van der Waals surface area contributed by atoms with E-state index in [0.717, 1.165) is 0 Å². The molecule has 0 N–H and O–H groups in total. The summed E-state index contributed by atoms with van der Waals surface area (Å²) >= 11 is 6.94. The minimum atomic E-state index is -3.87. The van der Waals surface area contributed by atoms with E-state index in [1.54, 1.807) is 0 Å². The molecule has 3 unspecified atom stereocenters. The quantitative estimate of drug-likeness (QED) is 0.147. The zero-order valence-corrected chi connectivity index (χ0v) is 27.4. The fourth-order valence-electron chi connectivity index (χ4n) is 3.21. The third-order valence-electron chi connectivity index (χ3n) is 4.40. The number of ether oxygens (including phenoxy) is 3. The topological polar surface area (TPSA) is 162 Å². The smallest absolute Gasteiger partial charge is 0.403 e. The van der Waals surface area contributed by atoms with Gasteiger partial charge in [0, 0.05) is 18.2 Å². The number of hydrogen-bond donors (Lipinski definition) is 0. The SMILES string of the molecule is CC(=O)/C=C(\C)OP1(Cl)=NP2(O/C(C)=C/C(C)=O)=NP(O/C(C)=C/C(C)=O)(=N1)OCCOCCOCCOCCO2.